The summed E-state index contributed by atoms with van der Waals surface area (Å²) in [5.41, 5.74) is 47.9. The highest BCUT2D eigenvalue weighted by Gasteiger charge is 2.58. The first kappa shape index (κ1) is 82.7. The van der Waals surface area contributed by atoms with Crippen molar-refractivity contribution in [2.75, 3.05) is 14.7 Å². The van der Waals surface area contributed by atoms with Crippen LogP contribution in [0.5, 0.6) is 0 Å². The van der Waals surface area contributed by atoms with Crippen LogP contribution in [0.25, 0.3) is 177 Å². The summed E-state index contributed by atoms with van der Waals surface area (Å²) >= 11 is 0. The van der Waals surface area contributed by atoms with Crippen molar-refractivity contribution in [1.82, 2.24) is 0 Å². The number of anilines is 8. The molecule has 0 saturated heterocycles. The molecule has 1 fully saturated rings. The second kappa shape index (κ2) is 32.4. The first-order valence-electron chi connectivity index (χ1n) is 53.6. The fraction of sp³-hybridized carbons (Fsp3) is 0.143. The molecule has 6 nitrogen and oxygen atoms in total. The van der Waals surface area contributed by atoms with Gasteiger partial charge in [0.15, 0.2) is 0 Å². The predicted molar refractivity (Wildman–Crippen MR) is 610 cm³/mol. The lowest BCUT2D eigenvalue weighted by atomic mass is 9.61. The van der Waals surface area contributed by atoms with Gasteiger partial charge in [0.1, 0.15) is 33.5 Å². The van der Waals surface area contributed by atoms with Gasteiger partial charge in [-0.25, -0.2) is 0 Å². The van der Waals surface area contributed by atoms with E-state index in [0.29, 0.717) is 16.4 Å². The fourth-order valence-electron chi connectivity index (χ4n) is 26.8. The van der Waals surface area contributed by atoms with Crippen LogP contribution in [0.15, 0.2) is 444 Å². The van der Waals surface area contributed by atoms with E-state index in [1.54, 1.807) is 0 Å². The minimum Gasteiger partial charge on any atom is -0.456 e. The minimum absolute atomic E-state index is 0.0167. The Morgan fingerprint density at radius 2 is 0.616 bits per heavy atom. The van der Waals surface area contributed by atoms with E-state index in [-0.39, 0.29) is 62.4 Å². The van der Waals surface area contributed by atoms with E-state index in [1.807, 2.05) is 30.3 Å². The number of hydrogen-bond donors (Lipinski definition) is 0. The van der Waals surface area contributed by atoms with E-state index in [0.717, 1.165) is 129 Å². The zero-order chi connectivity index (χ0) is 102. The summed E-state index contributed by atoms with van der Waals surface area (Å²) in [6.45, 7) is 24.0. The maximum atomic E-state index is 8.83. The molecule has 4 heterocycles. The topological polar surface area (TPSA) is 49.1 Å². The molecule has 1 saturated carbocycles. The van der Waals surface area contributed by atoms with E-state index in [4.69, 9.17) is 18.7 Å². The van der Waals surface area contributed by atoms with Crippen LogP contribution in [-0.2, 0) is 27.1 Å². The molecule has 702 valence electrons. The molecule has 0 N–H and O–H groups in total. The number of fused-ring (bicyclic) bond motifs is 26. The Balaban J connectivity index is 0.000000145. The highest BCUT2D eigenvalue weighted by molar-refractivity contribution is 6.23. The molecular formula is C140H109N3O3. The molecule has 0 radical (unpaired) electrons. The van der Waals surface area contributed by atoms with E-state index in [2.05, 4.69) is 460 Å². The fourth-order valence-corrected chi connectivity index (χ4v) is 26.8. The zero-order valence-corrected chi connectivity index (χ0v) is 83.6. The van der Waals surface area contributed by atoms with E-state index in [1.165, 1.54) is 147 Å². The number of benzene rings is 20. The molecule has 1 aliphatic heterocycles. The highest BCUT2D eigenvalue weighted by Crippen LogP contribution is 2.65. The number of hydrogen-bond acceptors (Lipinski definition) is 6. The van der Waals surface area contributed by atoms with Crippen molar-refractivity contribution >= 4 is 111 Å². The molecule has 23 aromatic rings. The average Bonchev–Trinajstić information content (AvgIpc) is 1.52. The summed E-state index contributed by atoms with van der Waals surface area (Å²) in [5.74, 6) is 0. The van der Waals surface area contributed by atoms with Crippen LogP contribution in [0.2, 0.25) is 0 Å². The maximum absolute atomic E-state index is 8.83. The molecule has 2 unspecified atom stereocenters. The Bertz CT molecular complexity index is 9480. The molecule has 5 aliphatic carbocycles. The standard InChI is InChI=1S/C77H66N2O.C63H43NO2/c1-73(2)61-28-15-12-23-54(61)56-38-36-51(44-64(56)73)78(52-37-39-57-55-24-13-16-29-62(55)74(3,4)65(57)45-52)49-34-31-47(32-35-49)53-26-20-27-59-69-60(46-67-70(72(69)80-71(53)59)58-25-14-17-30-63(58)75(67,5)6)48-33-40-68-66(43-48)76(7)41-18-19-42-77(76,8)79(68)50-21-10-9-11-22-50;1-63(2)54-24-11-9-19-50(54)60-55(63)39-53(44-29-27-42(28-30-44)48-21-14-26-57-58(48)51-20-10-12-25-56(51)65-57)59-52-23-13-22-49(61(52)66-62(59)60)43-33-37-47(38-34-43)64(45-17-7-4-8-18-45)46-35-31-41(32-36-46)40-15-5-3-6-16-40/h9-17,20-40,43-46H,18-19,41-42H2,1-8H3;3-39H,1-2H3/i;10D,12D,20D,25D. The van der Waals surface area contributed by atoms with Crippen LogP contribution in [0.3, 0.4) is 0 Å². The van der Waals surface area contributed by atoms with Crippen LogP contribution in [0, 0.1) is 0 Å². The summed E-state index contributed by atoms with van der Waals surface area (Å²) in [5, 5.41) is 5.48. The SMILES string of the molecule is CC1(C)c2ccccc2-c2ccc(N(c3ccc(-c4cccc5c4oc4c6c(cc(-c7ccc8c(c7)C7(C)CCCCC7(C)N8c7ccccc7)c45)C(C)(C)c4ccccc4-6)cc3)c3ccc4c(c3)C(C)(C)c3ccccc3-4)cc21.[2H]c1c([2H])c([2H])c2c(oc3cccc(-c4ccc(-c5cc6c(c7oc8c(-c9ccc(N(c%10ccccc%10)c%10ccc(-c%11ccccc%11)cc%10)cc9)cccc8c57)-c5ccccc5C6(C)C)cc4)c32)c1[2H]. The van der Waals surface area contributed by atoms with Crippen LogP contribution < -0.4 is 14.7 Å². The summed E-state index contributed by atoms with van der Waals surface area (Å²) < 4.78 is 55.1. The summed E-state index contributed by atoms with van der Waals surface area (Å²) in [7, 11) is 0. The number of para-hydroxylation sites is 5. The lowest BCUT2D eigenvalue weighted by molar-refractivity contribution is 0.195. The number of nitrogens with zero attached hydrogens (tertiary/aromatic N) is 3. The highest BCUT2D eigenvalue weighted by atomic mass is 16.3. The lowest BCUT2D eigenvalue weighted by Crippen LogP contribution is -2.54. The monoisotopic (exact) mass is 1880 g/mol. The van der Waals surface area contributed by atoms with Gasteiger partial charge in [-0.3, -0.25) is 0 Å². The molecule has 2 atom stereocenters. The third-order valence-corrected chi connectivity index (χ3v) is 34.5. The van der Waals surface area contributed by atoms with Gasteiger partial charge in [0.25, 0.3) is 0 Å². The lowest BCUT2D eigenvalue weighted by Gasteiger charge is -2.50. The van der Waals surface area contributed by atoms with Crippen molar-refractivity contribution in [2.45, 2.75) is 128 Å². The molecule has 6 aliphatic rings. The van der Waals surface area contributed by atoms with Crippen molar-refractivity contribution < 1.29 is 18.7 Å². The molecule has 0 amide bonds. The van der Waals surface area contributed by atoms with Gasteiger partial charge in [-0.15, -0.1) is 0 Å². The first-order valence-corrected chi connectivity index (χ1v) is 51.6. The normalized spacial score (nSPS) is 17.1. The summed E-state index contributed by atoms with van der Waals surface area (Å²) in [4.78, 5) is 7.45. The second-order valence-corrected chi connectivity index (χ2v) is 43.6. The molecule has 0 bridgehead atoms. The molecule has 29 rings (SSSR count). The number of furan rings is 3. The van der Waals surface area contributed by atoms with Crippen molar-refractivity contribution in [3.05, 3.63) is 481 Å². The van der Waals surface area contributed by atoms with E-state index in [9.17, 15) is 0 Å². The minimum atomic E-state index is -0.307. The smallest absolute Gasteiger partial charge is 0.144 e. The summed E-state index contributed by atoms with van der Waals surface area (Å²) in [6.07, 6.45) is 4.81. The quantitative estimate of drug-likeness (QED) is 0.115. The third-order valence-electron chi connectivity index (χ3n) is 34.5. The molecular weight excluding hydrogens is 1770 g/mol. The Morgan fingerprint density at radius 1 is 0.240 bits per heavy atom. The molecule has 0 spiro atoms. The Kier molecular flexibility index (Phi) is 18.3. The van der Waals surface area contributed by atoms with Crippen LogP contribution >= 0.6 is 0 Å². The van der Waals surface area contributed by atoms with Crippen molar-refractivity contribution in [3.63, 3.8) is 0 Å². The van der Waals surface area contributed by atoms with Gasteiger partial charge in [0.2, 0.25) is 0 Å². The average molecular weight is 1890 g/mol. The van der Waals surface area contributed by atoms with Gasteiger partial charge in [0.05, 0.1) is 11.0 Å². The maximum Gasteiger partial charge on any atom is 0.144 e. The van der Waals surface area contributed by atoms with Crippen LogP contribution in [-0.4, -0.2) is 5.54 Å². The first-order chi connectivity index (χ1) is 72.8. The largest absolute Gasteiger partial charge is 0.456 e. The predicted octanol–water partition coefficient (Wildman–Crippen LogP) is 39.0. The van der Waals surface area contributed by atoms with Crippen LogP contribution in [0.1, 0.15) is 150 Å². The molecule has 146 heavy (non-hydrogen) atoms. The third kappa shape index (κ3) is 12.8. The Morgan fingerprint density at radius 3 is 1.15 bits per heavy atom. The van der Waals surface area contributed by atoms with Gasteiger partial charge in [0, 0.05) is 127 Å². The van der Waals surface area contributed by atoms with Crippen LogP contribution in [0.4, 0.5) is 45.5 Å². The Labute approximate surface area is 858 Å². The van der Waals surface area contributed by atoms with Gasteiger partial charge in [-0.1, -0.05) is 384 Å². The van der Waals surface area contributed by atoms with Crippen molar-refractivity contribution in [3.8, 4) is 111 Å². The summed E-state index contributed by atoms with van der Waals surface area (Å²) in [6, 6.07) is 148. The molecule has 3 aromatic heterocycles. The van der Waals surface area contributed by atoms with Gasteiger partial charge >= 0.3 is 0 Å². The Hall–Kier alpha value is -16.8. The van der Waals surface area contributed by atoms with E-state index < -0.39 is 0 Å². The van der Waals surface area contributed by atoms with Gasteiger partial charge in [-0.2, -0.15) is 0 Å². The molecule has 20 aromatic carbocycles. The van der Waals surface area contributed by atoms with Crippen molar-refractivity contribution in [1.29, 1.82) is 0 Å². The molecule has 6 heteroatoms. The second-order valence-electron chi connectivity index (χ2n) is 43.6. The van der Waals surface area contributed by atoms with Gasteiger partial charge < -0.3 is 28.0 Å². The van der Waals surface area contributed by atoms with E-state index >= 15 is 0 Å². The number of rotatable bonds is 13. The zero-order valence-electron chi connectivity index (χ0n) is 87.6. The van der Waals surface area contributed by atoms with Gasteiger partial charge in [-0.05, 0) is 280 Å². The van der Waals surface area contributed by atoms with Crippen molar-refractivity contribution in [2.24, 2.45) is 0 Å².